The van der Waals surface area contributed by atoms with E-state index in [0.29, 0.717) is 22.8 Å². The van der Waals surface area contributed by atoms with E-state index in [-0.39, 0.29) is 29.1 Å². The summed E-state index contributed by atoms with van der Waals surface area (Å²) in [6.07, 6.45) is 2.54. The molecule has 4 rings (SSSR count). The average Bonchev–Trinajstić information content (AvgIpc) is 3.22. The number of benzene rings is 2. The van der Waals surface area contributed by atoms with E-state index >= 15 is 0 Å². The molecule has 0 fully saturated rings. The van der Waals surface area contributed by atoms with Crippen LogP contribution in [0.1, 0.15) is 16.1 Å². The quantitative estimate of drug-likeness (QED) is 0.423. The van der Waals surface area contributed by atoms with Gasteiger partial charge in [-0.3, -0.25) is 4.79 Å². The molecule has 0 unspecified atom stereocenters. The highest BCUT2D eigenvalue weighted by atomic mass is 19.1. The zero-order valence-electron chi connectivity index (χ0n) is 16.2. The Balaban J connectivity index is 0.000000176. The molecule has 4 aromatic rings. The van der Waals surface area contributed by atoms with Crippen LogP contribution in [-0.2, 0) is 0 Å². The van der Waals surface area contributed by atoms with E-state index in [1.54, 1.807) is 19.2 Å². The molecule has 2 aromatic carbocycles. The van der Waals surface area contributed by atoms with Gasteiger partial charge >= 0.3 is 0 Å². The van der Waals surface area contributed by atoms with E-state index in [1.807, 2.05) is 0 Å². The number of nitrogens with two attached hydrogens (primary N) is 1. The van der Waals surface area contributed by atoms with Crippen LogP contribution in [0.4, 0.5) is 20.7 Å². The second-order valence-electron chi connectivity index (χ2n) is 6.08. The third-order valence-electron chi connectivity index (χ3n) is 3.96. The summed E-state index contributed by atoms with van der Waals surface area (Å²) in [6.45, 7) is 0. The van der Waals surface area contributed by atoms with Crippen LogP contribution in [0, 0.1) is 11.6 Å². The molecule has 0 aliphatic heterocycles. The molecule has 0 aliphatic carbocycles. The van der Waals surface area contributed by atoms with Crippen molar-refractivity contribution in [2.24, 2.45) is 0 Å². The van der Waals surface area contributed by atoms with Gasteiger partial charge in [0.05, 0.1) is 12.4 Å². The topological polar surface area (TPSA) is 127 Å². The lowest BCUT2D eigenvalue weighted by molar-refractivity contribution is 0.101. The zero-order valence-corrected chi connectivity index (χ0v) is 16.2. The molecule has 4 N–H and O–H groups in total. The number of hydrogen-bond acceptors (Lipinski definition) is 8. The number of aromatic nitrogens is 3. The van der Waals surface area contributed by atoms with Crippen LogP contribution >= 0.6 is 0 Å². The molecule has 0 saturated carbocycles. The molecular weight excluding hydrogens is 408 g/mol. The fraction of sp³-hybridized carbons (Fsp3) is 0.0476. The van der Waals surface area contributed by atoms with E-state index in [1.165, 1.54) is 48.8 Å². The number of rotatable bonds is 4. The first kappa shape index (κ1) is 21.4. The molecule has 0 radical (unpaired) electrons. The Hall–Kier alpha value is -4.34. The third kappa shape index (κ3) is 5.38. The van der Waals surface area contributed by atoms with Crippen molar-refractivity contribution in [1.82, 2.24) is 15.0 Å². The average molecular weight is 425 g/mol. The van der Waals surface area contributed by atoms with Gasteiger partial charge in [0, 0.05) is 18.2 Å². The van der Waals surface area contributed by atoms with Crippen molar-refractivity contribution in [1.29, 1.82) is 0 Å². The van der Waals surface area contributed by atoms with Gasteiger partial charge in [-0.25, -0.2) is 23.7 Å². The predicted molar refractivity (Wildman–Crippen MR) is 109 cm³/mol. The molecule has 2 aromatic heterocycles. The van der Waals surface area contributed by atoms with Crippen molar-refractivity contribution in [2.75, 3.05) is 18.1 Å². The van der Waals surface area contributed by atoms with E-state index < -0.39 is 5.82 Å². The Morgan fingerprint density at radius 2 is 1.61 bits per heavy atom. The van der Waals surface area contributed by atoms with Gasteiger partial charge in [0.1, 0.15) is 17.3 Å². The summed E-state index contributed by atoms with van der Waals surface area (Å²) < 4.78 is 30.2. The number of oxazole rings is 1. The van der Waals surface area contributed by atoms with Crippen LogP contribution in [0.25, 0.3) is 11.3 Å². The number of nitrogen functional groups attached to an aromatic ring is 1. The zero-order chi connectivity index (χ0) is 22.4. The van der Waals surface area contributed by atoms with Gasteiger partial charge in [-0.15, -0.1) is 0 Å². The lowest BCUT2D eigenvalue weighted by Crippen LogP contribution is -1.99. The summed E-state index contributed by atoms with van der Waals surface area (Å²) >= 11 is 0. The fourth-order valence-electron chi connectivity index (χ4n) is 2.45. The predicted octanol–water partition coefficient (Wildman–Crippen LogP) is 3.66. The molecule has 31 heavy (non-hydrogen) atoms. The van der Waals surface area contributed by atoms with Gasteiger partial charge in [0.15, 0.2) is 11.5 Å². The molecule has 8 nitrogen and oxygen atoms in total. The third-order valence-corrected chi connectivity index (χ3v) is 3.96. The number of aromatic hydroxyl groups is 1. The minimum absolute atomic E-state index is 0.0365. The van der Waals surface area contributed by atoms with Crippen LogP contribution in [0.3, 0.4) is 0 Å². The maximum atomic E-state index is 12.7. The maximum absolute atomic E-state index is 12.7. The largest absolute Gasteiger partial charge is 0.504 e. The molecule has 0 amide bonds. The number of halogens is 2. The number of nitrogens with one attached hydrogen (secondary N) is 1. The maximum Gasteiger partial charge on any atom is 0.292 e. The Labute approximate surface area is 175 Å². The van der Waals surface area contributed by atoms with Crippen molar-refractivity contribution < 1.29 is 23.1 Å². The number of anilines is 2. The van der Waals surface area contributed by atoms with Gasteiger partial charge < -0.3 is 20.6 Å². The Kier molecular flexibility index (Phi) is 6.51. The van der Waals surface area contributed by atoms with E-state index in [4.69, 9.17) is 10.2 Å². The number of carbonyl (C=O) groups excluding carboxylic acids is 1. The number of ketones is 1. The molecule has 0 atom stereocenters. The number of hydrogen-bond donors (Lipinski definition) is 3. The smallest absolute Gasteiger partial charge is 0.292 e. The monoisotopic (exact) mass is 425 g/mol. The molecule has 158 valence electrons. The van der Waals surface area contributed by atoms with Crippen molar-refractivity contribution in [2.45, 2.75) is 0 Å². The van der Waals surface area contributed by atoms with Crippen LogP contribution in [-0.4, -0.2) is 32.9 Å². The summed E-state index contributed by atoms with van der Waals surface area (Å²) in [5, 5.41) is 12.4. The lowest BCUT2D eigenvalue weighted by atomic mass is 10.1. The van der Waals surface area contributed by atoms with E-state index in [2.05, 4.69) is 20.3 Å². The highest BCUT2D eigenvalue weighted by Crippen LogP contribution is 2.27. The van der Waals surface area contributed by atoms with Gasteiger partial charge in [-0.2, -0.15) is 0 Å². The Morgan fingerprint density at radius 3 is 2.16 bits per heavy atom. The molecule has 0 bridgehead atoms. The first-order chi connectivity index (χ1) is 14.9. The van der Waals surface area contributed by atoms with Crippen molar-refractivity contribution in [3.8, 4) is 17.0 Å². The number of carbonyl (C=O) groups is 1. The van der Waals surface area contributed by atoms with E-state index in [9.17, 15) is 18.7 Å². The van der Waals surface area contributed by atoms with Crippen molar-refractivity contribution in [3.05, 3.63) is 83.9 Å². The van der Waals surface area contributed by atoms with Crippen molar-refractivity contribution in [3.63, 3.8) is 0 Å². The molecule has 2 heterocycles. The van der Waals surface area contributed by atoms with Gasteiger partial charge in [-0.05, 0) is 48.5 Å². The summed E-state index contributed by atoms with van der Waals surface area (Å²) in [5.74, 6) is -0.698. The fourth-order valence-corrected chi connectivity index (χ4v) is 2.45. The van der Waals surface area contributed by atoms with Gasteiger partial charge in [-0.1, -0.05) is 0 Å². The summed E-state index contributed by atoms with van der Waals surface area (Å²) in [7, 11) is 1.68. The molecule has 0 aliphatic rings. The minimum atomic E-state index is -0.399. The Bertz CT molecular complexity index is 1180. The van der Waals surface area contributed by atoms with Gasteiger partial charge in [0.2, 0.25) is 11.7 Å². The van der Waals surface area contributed by atoms with Crippen LogP contribution in [0.15, 0.2) is 65.3 Å². The molecule has 0 spiro atoms. The Morgan fingerprint density at radius 1 is 1.00 bits per heavy atom. The summed E-state index contributed by atoms with van der Waals surface area (Å²) in [6, 6.07) is 10.8. The summed E-state index contributed by atoms with van der Waals surface area (Å²) in [5.41, 5.74) is 6.57. The van der Waals surface area contributed by atoms with Crippen LogP contribution in [0.2, 0.25) is 0 Å². The second kappa shape index (κ2) is 9.44. The molecule has 0 saturated heterocycles. The normalized spacial score (nSPS) is 10.2. The highest BCUT2D eigenvalue weighted by Gasteiger charge is 2.13. The molecule has 10 heteroatoms. The van der Waals surface area contributed by atoms with Crippen LogP contribution in [0.5, 0.6) is 5.75 Å². The standard InChI is InChI=1S/C11H10FN3O.C10H7FN2O2/c1-13-11-14-6-9(16)10(15-11)7-2-4-8(12)5-3-7;11-7-3-1-6(2-4-7)9(14)8-5-13-10(12)15-8/h2-6,16H,1H3,(H,13,14,15);1-5H,(H2,12,13). The highest BCUT2D eigenvalue weighted by molar-refractivity contribution is 6.07. The van der Waals surface area contributed by atoms with Crippen LogP contribution < -0.4 is 11.1 Å². The summed E-state index contributed by atoms with van der Waals surface area (Å²) in [4.78, 5) is 23.2. The first-order valence-corrected chi connectivity index (χ1v) is 8.88. The first-order valence-electron chi connectivity index (χ1n) is 8.88. The van der Waals surface area contributed by atoms with Gasteiger partial charge in [0.25, 0.3) is 6.01 Å². The second-order valence-corrected chi connectivity index (χ2v) is 6.08. The van der Waals surface area contributed by atoms with Crippen molar-refractivity contribution >= 4 is 17.7 Å². The minimum Gasteiger partial charge on any atom is -0.504 e. The SMILES string of the molecule is CNc1ncc(O)c(-c2ccc(F)cc2)n1.Nc1ncc(C(=O)c2ccc(F)cc2)o1. The molecular formula is C21H17F2N5O3. The van der Waals surface area contributed by atoms with E-state index in [0.717, 1.165) is 0 Å². The number of nitrogens with zero attached hydrogens (tertiary/aromatic N) is 3. The lowest BCUT2D eigenvalue weighted by Gasteiger charge is -2.05.